The van der Waals surface area contributed by atoms with Gasteiger partial charge in [-0.3, -0.25) is 14.6 Å². The summed E-state index contributed by atoms with van der Waals surface area (Å²) in [5.74, 6) is 1.13. The molecule has 0 bridgehead atoms. The molecule has 2 fully saturated rings. The van der Waals surface area contributed by atoms with Crippen molar-refractivity contribution in [2.24, 2.45) is 5.41 Å². The van der Waals surface area contributed by atoms with Crippen LogP contribution in [0, 0.1) is 5.41 Å². The summed E-state index contributed by atoms with van der Waals surface area (Å²) in [6, 6.07) is 18.5. The number of rotatable bonds is 9. The Bertz CT molecular complexity index is 1560. The van der Waals surface area contributed by atoms with Gasteiger partial charge in [0.05, 0.1) is 11.3 Å². The number of piperidine rings is 1. The molecular weight excluding hydrogens is 520 g/mol. The number of hydrogen-bond donors (Lipinski definition) is 1. The van der Waals surface area contributed by atoms with Crippen LogP contribution in [-0.4, -0.2) is 60.2 Å². The van der Waals surface area contributed by atoms with E-state index in [2.05, 4.69) is 54.8 Å². The highest BCUT2D eigenvalue weighted by Gasteiger charge is 2.45. The molecule has 208 valence electrons. The number of pyridine rings is 1. The Morgan fingerprint density at radius 3 is 2.30 bits per heavy atom. The van der Waals surface area contributed by atoms with Crippen molar-refractivity contribution in [3.63, 3.8) is 0 Å². The largest absolute Gasteiger partial charge is 0.355 e. The highest BCUT2D eigenvalue weighted by Crippen LogP contribution is 2.43. The van der Waals surface area contributed by atoms with E-state index < -0.39 is 10.0 Å². The van der Waals surface area contributed by atoms with Gasteiger partial charge < -0.3 is 4.90 Å². The van der Waals surface area contributed by atoms with Gasteiger partial charge in [-0.25, -0.2) is 18.4 Å². The third-order valence-corrected chi connectivity index (χ3v) is 9.72. The molecule has 0 saturated carbocycles. The van der Waals surface area contributed by atoms with Crippen molar-refractivity contribution in [1.82, 2.24) is 19.9 Å². The summed E-state index contributed by atoms with van der Waals surface area (Å²) < 4.78 is 26.2. The summed E-state index contributed by atoms with van der Waals surface area (Å²) >= 11 is 0. The van der Waals surface area contributed by atoms with Crippen molar-refractivity contribution >= 4 is 32.4 Å². The van der Waals surface area contributed by atoms with Gasteiger partial charge in [0.1, 0.15) is 12.1 Å². The third-order valence-electron chi connectivity index (χ3n) is 8.41. The van der Waals surface area contributed by atoms with Gasteiger partial charge in [-0.05, 0) is 98.8 Å². The molecule has 0 unspecified atom stereocenters. The maximum absolute atomic E-state index is 11.8. The minimum absolute atomic E-state index is 0.0726. The van der Waals surface area contributed by atoms with Gasteiger partial charge in [0.2, 0.25) is 10.0 Å². The number of nitrogens with one attached hydrogen (secondary N) is 1. The summed E-state index contributed by atoms with van der Waals surface area (Å²) in [5.41, 5.74) is 5.79. The van der Waals surface area contributed by atoms with Crippen LogP contribution in [0.3, 0.4) is 0 Å². The van der Waals surface area contributed by atoms with E-state index in [0.29, 0.717) is 11.1 Å². The molecule has 0 radical (unpaired) electrons. The molecule has 2 aliphatic heterocycles. The van der Waals surface area contributed by atoms with E-state index >= 15 is 0 Å². The molecule has 4 aromatic rings. The number of likely N-dealkylation sites (tertiary alicyclic amines) is 1. The molecule has 40 heavy (non-hydrogen) atoms. The first-order valence-corrected chi connectivity index (χ1v) is 15.7. The Hall–Kier alpha value is -3.56. The van der Waals surface area contributed by atoms with Gasteiger partial charge in [0.25, 0.3) is 0 Å². The second kappa shape index (κ2) is 11.1. The van der Waals surface area contributed by atoms with Crippen molar-refractivity contribution in [3.8, 4) is 0 Å². The van der Waals surface area contributed by atoms with Gasteiger partial charge >= 0.3 is 0 Å². The van der Waals surface area contributed by atoms with Crippen LogP contribution in [-0.2, 0) is 29.4 Å². The summed E-state index contributed by atoms with van der Waals surface area (Å²) in [6.45, 7) is 6.75. The fourth-order valence-corrected chi connectivity index (χ4v) is 6.58. The predicted molar refractivity (Wildman–Crippen MR) is 160 cm³/mol. The molecule has 4 heterocycles. The maximum atomic E-state index is 11.8. The van der Waals surface area contributed by atoms with Crippen LogP contribution in [0.5, 0.6) is 0 Å². The molecule has 1 spiro atoms. The summed E-state index contributed by atoms with van der Waals surface area (Å²) in [6.07, 6.45) is 9.72. The van der Waals surface area contributed by atoms with E-state index in [1.807, 2.05) is 36.7 Å². The highest BCUT2D eigenvalue weighted by atomic mass is 32.2. The maximum Gasteiger partial charge on any atom is 0.232 e. The number of fused-ring (bicyclic) bond motifs is 1. The smallest absolute Gasteiger partial charge is 0.232 e. The van der Waals surface area contributed by atoms with Gasteiger partial charge in [-0.2, -0.15) is 0 Å². The van der Waals surface area contributed by atoms with Crippen LogP contribution in [0.4, 0.5) is 11.5 Å². The van der Waals surface area contributed by atoms with E-state index in [1.54, 1.807) is 13.3 Å². The van der Waals surface area contributed by atoms with Gasteiger partial charge in [0, 0.05) is 48.5 Å². The fourth-order valence-electron chi connectivity index (χ4n) is 5.94. The zero-order valence-electron chi connectivity index (χ0n) is 23.0. The van der Waals surface area contributed by atoms with Crippen molar-refractivity contribution in [1.29, 1.82) is 0 Å². The molecule has 6 rings (SSSR count). The second-order valence-corrected chi connectivity index (χ2v) is 13.2. The van der Waals surface area contributed by atoms with E-state index in [4.69, 9.17) is 4.98 Å². The highest BCUT2D eigenvalue weighted by molar-refractivity contribution is 7.92. The Morgan fingerprint density at radius 1 is 0.875 bits per heavy atom. The first-order chi connectivity index (χ1) is 19.4. The molecule has 0 aliphatic carbocycles. The molecule has 2 aliphatic rings. The first-order valence-electron chi connectivity index (χ1n) is 14.1. The van der Waals surface area contributed by atoms with Gasteiger partial charge in [-0.15, -0.1) is 0 Å². The van der Waals surface area contributed by atoms with Crippen LogP contribution in [0.1, 0.15) is 36.5 Å². The van der Waals surface area contributed by atoms with Crippen molar-refractivity contribution in [2.75, 3.05) is 41.6 Å². The average molecular weight is 557 g/mol. The summed E-state index contributed by atoms with van der Waals surface area (Å²) in [5, 5.41) is 1.15. The van der Waals surface area contributed by atoms with Crippen molar-refractivity contribution in [2.45, 2.75) is 39.2 Å². The lowest BCUT2D eigenvalue weighted by atomic mass is 9.72. The molecule has 2 aromatic carbocycles. The van der Waals surface area contributed by atoms with E-state index in [9.17, 15) is 8.42 Å². The minimum atomic E-state index is -3.25. The van der Waals surface area contributed by atoms with Crippen LogP contribution >= 0.6 is 0 Å². The summed E-state index contributed by atoms with van der Waals surface area (Å²) in [4.78, 5) is 18.3. The number of benzene rings is 2. The lowest BCUT2D eigenvalue weighted by Gasteiger charge is -2.54. The molecular formula is C31H36N6O2S. The Labute approximate surface area is 236 Å². The molecule has 1 N–H and O–H groups in total. The molecule has 0 amide bonds. The Balaban J connectivity index is 1.04. The standard InChI is InChI=1S/C31H36N6O2S/c1-2-40(38,39)35-27-8-5-26(6-9-27)20-36-17-13-31(14-18-36)21-37(22-31)30-28-19-25(7-10-29(28)33-23-34-30)4-3-24-11-15-32-16-12-24/h5-12,15-16,19,23,35H,2-4,13-14,17-18,20-22H2,1H3. The number of nitrogens with zero attached hydrogens (tertiary/aromatic N) is 5. The number of anilines is 2. The molecule has 9 heteroatoms. The molecule has 2 aromatic heterocycles. The molecule has 2 saturated heterocycles. The van der Waals surface area contributed by atoms with Crippen molar-refractivity contribution < 1.29 is 8.42 Å². The summed E-state index contributed by atoms with van der Waals surface area (Å²) in [7, 11) is -3.25. The molecule has 8 nitrogen and oxygen atoms in total. The van der Waals surface area contributed by atoms with Crippen molar-refractivity contribution in [3.05, 3.63) is 90.0 Å². The SMILES string of the molecule is CCS(=O)(=O)Nc1ccc(CN2CCC3(CC2)CN(c2ncnc4ccc(CCc5ccncc5)cc24)C3)cc1. The van der Waals surface area contributed by atoms with E-state index in [1.165, 1.54) is 29.5 Å². The second-order valence-electron chi connectivity index (χ2n) is 11.2. The zero-order chi connectivity index (χ0) is 27.6. The predicted octanol–water partition coefficient (Wildman–Crippen LogP) is 4.67. The monoisotopic (exact) mass is 556 g/mol. The lowest BCUT2D eigenvalue weighted by Crippen LogP contribution is -2.60. The number of sulfonamides is 1. The number of aromatic nitrogens is 3. The minimum Gasteiger partial charge on any atom is -0.355 e. The quantitative estimate of drug-likeness (QED) is 0.320. The van der Waals surface area contributed by atoms with Gasteiger partial charge in [0.15, 0.2) is 0 Å². The van der Waals surface area contributed by atoms with Crippen LogP contribution in [0.2, 0.25) is 0 Å². The number of aryl methyl sites for hydroxylation is 2. The Morgan fingerprint density at radius 2 is 1.57 bits per heavy atom. The topological polar surface area (TPSA) is 91.3 Å². The van der Waals surface area contributed by atoms with Crippen LogP contribution in [0.15, 0.2) is 73.3 Å². The fraction of sp³-hybridized carbons (Fsp3) is 0.387. The normalized spacial score (nSPS) is 17.2. The van der Waals surface area contributed by atoms with Crippen LogP contribution < -0.4 is 9.62 Å². The lowest BCUT2D eigenvalue weighted by molar-refractivity contribution is 0.0721. The van der Waals surface area contributed by atoms with E-state index in [-0.39, 0.29) is 5.75 Å². The van der Waals surface area contributed by atoms with E-state index in [0.717, 1.165) is 62.3 Å². The van der Waals surface area contributed by atoms with Crippen LogP contribution in [0.25, 0.3) is 10.9 Å². The molecule has 0 atom stereocenters. The number of hydrogen-bond acceptors (Lipinski definition) is 7. The third kappa shape index (κ3) is 5.95. The Kier molecular flexibility index (Phi) is 7.42. The first kappa shape index (κ1) is 26.7. The van der Waals surface area contributed by atoms with Gasteiger partial charge in [-0.1, -0.05) is 18.2 Å². The average Bonchev–Trinajstić information content (AvgIpc) is 2.96. The zero-order valence-corrected chi connectivity index (χ0v) is 23.8.